The molecule has 0 unspecified atom stereocenters. The highest BCUT2D eigenvalue weighted by molar-refractivity contribution is 7.85. The van der Waals surface area contributed by atoms with Gasteiger partial charge in [0.25, 0.3) is 0 Å². The molecule has 0 spiro atoms. The molecule has 0 fully saturated rings. The van der Waals surface area contributed by atoms with Crippen molar-refractivity contribution in [3.8, 4) is 0 Å². The van der Waals surface area contributed by atoms with Gasteiger partial charge < -0.3 is 9.04 Å². The van der Waals surface area contributed by atoms with E-state index in [1.165, 1.54) is 108 Å². The van der Waals surface area contributed by atoms with Crippen molar-refractivity contribution in [1.82, 2.24) is 0 Å². The summed E-state index contributed by atoms with van der Waals surface area (Å²) in [7, 11) is -1.54. The van der Waals surface area contributed by atoms with E-state index < -0.39 is 10.1 Å². The fourth-order valence-electron chi connectivity index (χ4n) is 3.72. The van der Waals surface area contributed by atoms with Crippen molar-refractivity contribution in [2.24, 2.45) is 0 Å². The predicted molar refractivity (Wildman–Crippen MR) is 132 cm³/mol. The Labute approximate surface area is 190 Å². The van der Waals surface area contributed by atoms with Gasteiger partial charge >= 0.3 is 0 Å². The van der Waals surface area contributed by atoms with Crippen molar-refractivity contribution < 1.29 is 17.5 Å². The smallest absolute Gasteiger partial charge is 0.0945 e. The Morgan fingerprint density at radius 1 is 0.533 bits per heavy atom. The summed E-state index contributed by atoms with van der Waals surface area (Å²) in [6, 6.07) is 0. The third-order valence-corrected chi connectivity index (χ3v) is 6.69. The molecule has 5 heteroatoms. The molecule has 0 saturated heterocycles. The van der Waals surface area contributed by atoms with Crippen molar-refractivity contribution in [1.29, 1.82) is 0 Å². The number of nitrogens with zero attached hydrogens (tertiary/aromatic N) is 1. The molecular weight excluding hydrogens is 394 g/mol. The zero-order chi connectivity index (χ0) is 23.1. The molecule has 0 aliphatic heterocycles. The number of hydrogen-bond acceptors (Lipinski definition) is 3. The Balaban J connectivity index is 0. The molecule has 0 heterocycles. The van der Waals surface area contributed by atoms with Gasteiger partial charge in [-0.3, -0.25) is 0 Å². The van der Waals surface area contributed by atoms with Crippen LogP contribution in [0.4, 0.5) is 0 Å². The highest BCUT2D eigenvalue weighted by Gasteiger charge is 2.18. The van der Waals surface area contributed by atoms with Gasteiger partial charge in [0.1, 0.15) is 0 Å². The lowest BCUT2D eigenvalue weighted by atomic mass is 10.1. The first-order valence-corrected chi connectivity index (χ1v) is 14.6. The van der Waals surface area contributed by atoms with E-state index in [1.807, 2.05) is 0 Å². The zero-order valence-electron chi connectivity index (χ0n) is 21.2. The first-order valence-electron chi connectivity index (χ1n) is 13.0. The summed E-state index contributed by atoms with van der Waals surface area (Å²) in [5.74, 6) is -0.191. The SMILES string of the molecule is CCCCCCCCCCCCS(=O)(=O)[O-].CCCC[N+](C)(CCCC)CCCC. The van der Waals surface area contributed by atoms with Crippen molar-refractivity contribution in [3.63, 3.8) is 0 Å². The minimum absolute atomic E-state index is 0.191. The molecule has 0 atom stereocenters. The second-order valence-corrected chi connectivity index (χ2v) is 10.8. The number of hydrogen-bond donors (Lipinski definition) is 0. The minimum atomic E-state index is -3.98. The minimum Gasteiger partial charge on any atom is -0.748 e. The summed E-state index contributed by atoms with van der Waals surface area (Å²) in [5.41, 5.74) is 0. The molecule has 0 N–H and O–H groups in total. The van der Waals surface area contributed by atoms with E-state index in [0.29, 0.717) is 6.42 Å². The quantitative estimate of drug-likeness (QED) is 0.111. The van der Waals surface area contributed by atoms with Gasteiger partial charge in [-0.1, -0.05) is 105 Å². The number of quaternary nitrogens is 1. The van der Waals surface area contributed by atoms with Crippen LogP contribution in [0, 0.1) is 0 Å². The summed E-state index contributed by atoms with van der Waals surface area (Å²) in [5, 5.41) is 0. The lowest BCUT2D eigenvalue weighted by Crippen LogP contribution is -2.46. The van der Waals surface area contributed by atoms with Crippen LogP contribution in [0.1, 0.15) is 130 Å². The third-order valence-electron chi connectivity index (χ3n) is 5.90. The molecule has 0 aromatic rings. The molecule has 0 rings (SSSR count). The van der Waals surface area contributed by atoms with E-state index in [9.17, 15) is 13.0 Å². The predicted octanol–water partition coefficient (Wildman–Crippen LogP) is 7.29. The first-order chi connectivity index (χ1) is 14.2. The van der Waals surface area contributed by atoms with Gasteiger partial charge in [-0.25, -0.2) is 8.42 Å². The van der Waals surface area contributed by atoms with Gasteiger partial charge in [-0.15, -0.1) is 0 Å². The second kappa shape index (κ2) is 22.1. The van der Waals surface area contributed by atoms with Gasteiger partial charge in [0.15, 0.2) is 0 Å². The van der Waals surface area contributed by atoms with Crippen LogP contribution < -0.4 is 0 Å². The lowest BCUT2D eigenvalue weighted by Gasteiger charge is -2.34. The maximum Gasteiger partial charge on any atom is 0.0945 e. The second-order valence-electron chi connectivity index (χ2n) is 9.29. The molecule has 0 radical (unpaired) electrons. The van der Waals surface area contributed by atoms with Crippen LogP contribution in [0.5, 0.6) is 0 Å². The zero-order valence-corrected chi connectivity index (χ0v) is 22.0. The normalized spacial score (nSPS) is 11.9. The molecule has 184 valence electrons. The molecular formula is C25H55NO3S. The molecule has 0 aromatic carbocycles. The monoisotopic (exact) mass is 449 g/mol. The van der Waals surface area contributed by atoms with Crippen LogP contribution in [0.2, 0.25) is 0 Å². The first kappa shape index (κ1) is 32.1. The van der Waals surface area contributed by atoms with Gasteiger partial charge in [0.05, 0.1) is 36.8 Å². The third kappa shape index (κ3) is 25.9. The molecule has 0 amide bonds. The van der Waals surface area contributed by atoms with Crippen molar-refractivity contribution in [2.75, 3.05) is 32.4 Å². The Kier molecular flexibility index (Phi) is 23.6. The maximum atomic E-state index is 10.3. The van der Waals surface area contributed by atoms with Crippen molar-refractivity contribution in [3.05, 3.63) is 0 Å². The summed E-state index contributed by atoms with van der Waals surface area (Å²) in [6.07, 6.45) is 19.6. The summed E-state index contributed by atoms with van der Waals surface area (Å²) < 4.78 is 32.2. The van der Waals surface area contributed by atoms with Crippen molar-refractivity contribution in [2.45, 2.75) is 130 Å². The molecule has 0 saturated carbocycles. The van der Waals surface area contributed by atoms with E-state index in [1.54, 1.807) is 0 Å². The number of rotatable bonds is 20. The Hall–Kier alpha value is -0.130. The Morgan fingerprint density at radius 3 is 1.13 bits per heavy atom. The maximum absolute atomic E-state index is 10.3. The van der Waals surface area contributed by atoms with Crippen LogP contribution in [0.25, 0.3) is 0 Å². The summed E-state index contributed by atoms with van der Waals surface area (Å²) in [4.78, 5) is 0. The Morgan fingerprint density at radius 2 is 0.833 bits per heavy atom. The molecule has 30 heavy (non-hydrogen) atoms. The van der Waals surface area contributed by atoms with E-state index in [4.69, 9.17) is 0 Å². The average Bonchev–Trinajstić information content (AvgIpc) is 2.70. The van der Waals surface area contributed by atoms with Crippen LogP contribution in [-0.4, -0.2) is 49.9 Å². The lowest BCUT2D eigenvalue weighted by molar-refractivity contribution is -0.910. The topological polar surface area (TPSA) is 57.2 Å². The van der Waals surface area contributed by atoms with Crippen LogP contribution >= 0.6 is 0 Å². The van der Waals surface area contributed by atoms with E-state index in [2.05, 4.69) is 34.7 Å². The van der Waals surface area contributed by atoms with E-state index >= 15 is 0 Å². The highest BCUT2D eigenvalue weighted by atomic mass is 32.2. The van der Waals surface area contributed by atoms with Gasteiger partial charge in [-0.05, 0) is 25.7 Å². The number of unbranched alkanes of at least 4 members (excludes halogenated alkanes) is 12. The fraction of sp³-hybridized carbons (Fsp3) is 1.00. The molecule has 4 nitrogen and oxygen atoms in total. The molecule has 0 aliphatic rings. The molecule has 0 aliphatic carbocycles. The summed E-state index contributed by atoms with van der Waals surface area (Å²) in [6.45, 7) is 13.3. The van der Waals surface area contributed by atoms with Crippen LogP contribution in [0.15, 0.2) is 0 Å². The standard InChI is InChI=1S/C13H30N.C12H26O3S/c1-5-8-11-14(4,12-9-6-2)13-10-7-3;1-2-3-4-5-6-7-8-9-10-11-12-16(13,14)15/h5-13H2,1-4H3;2-12H2,1H3,(H,13,14,15)/q+1;/p-1. The Bertz CT molecular complexity index is 416. The summed E-state index contributed by atoms with van der Waals surface area (Å²) >= 11 is 0. The van der Waals surface area contributed by atoms with Crippen LogP contribution in [0.3, 0.4) is 0 Å². The molecule has 0 aromatic heterocycles. The fourth-order valence-corrected chi connectivity index (χ4v) is 4.28. The van der Waals surface area contributed by atoms with Gasteiger partial charge in [-0.2, -0.15) is 0 Å². The van der Waals surface area contributed by atoms with E-state index in [0.717, 1.165) is 12.8 Å². The molecule has 0 bridgehead atoms. The largest absolute Gasteiger partial charge is 0.748 e. The van der Waals surface area contributed by atoms with Gasteiger partial charge in [0, 0.05) is 5.75 Å². The highest BCUT2D eigenvalue weighted by Crippen LogP contribution is 2.11. The van der Waals surface area contributed by atoms with Gasteiger partial charge in [0.2, 0.25) is 0 Å². The van der Waals surface area contributed by atoms with E-state index in [-0.39, 0.29) is 5.75 Å². The van der Waals surface area contributed by atoms with Crippen LogP contribution in [-0.2, 0) is 10.1 Å². The van der Waals surface area contributed by atoms with Crippen molar-refractivity contribution >= 4 is 10.1 Å². The average molecular weight is 450 g/mol.